The van der Waals surface area contributed by atoms with Gasteiger partial charge in [-0.3, -0.25) is 0 Å². The molecule has 0 amide bonds. The van der Waals surface area contributed by atoms with Crippen LogP contribution >= 0.6 is 0 Å². The second-order valence-corrected chi connectivity index (χ2v) is 7.59. The molecule has 0 saturated heterocycles. The largest absolute Gasteiger partial charge is 0.497 e. The molecule has 0 aromatic heterocycles. The average Bonchev–Trinajstić information content (AvgIpc) is 2.61. The molecule has 7 heteroatoms. The van der Waals surface area contributed by atoms with E-state index in [0.29, 0.717) is 11.3 Å². The molecule has 0 fully saturated rings. The van der Waals surface area contributed by atoms with Crippen molar-refractivity contribution in [2.75, 3.05) is 21.3 Å². The van der Waals surface area contributed by atoms with Crippen molar-refractivity contribution in [3.05, 3.63) is 59.2 Å². The number of rotatable bonds is 6. The van der Waals surface area contributed by atoms with E-state index < -0.39 is 16.0 Å². The van der Waals surface area contributed by atoms with Crippen molar-refractivity contribution in [2.45, 2.75) is 18.4 Å². The maximum Gasteiger partial charge on any atom is 0.337 e. The number of ether oxygens (including phenoxy) is 2. The standard InChI is InChI=1S/C18H21NO5S/c1-13-5-8-15(18(20)24-4)11-17(13)25(21,22)19(2)12-14-6-9-16(23-3)10-7-14/h5-11H,12H2,1-4H3. The van der Waals surface area contributed by atoms with Gasteiger partial charge in [-0.2, -0.15) is 4.31 Å². The van der Waals surface area contributed by atoms with E-state index in [9.17, 15) is 13.2 Å². The summed E-state index contributed by atoms with van der Waals surface area (Å²) in [6.07, 6.45) is 0. The zero-order valence-electron chi connectivity index (χ0n) is 14.6. The Morgan fingerprint density at radius 2 is 1.72 bits per heavy atom. The number of methoxy groups -OCH3 is 2. The molecule has 25 heavy (non-hydrogen) atoms. The van der Waals surface area contributed by atoms with Gasteiger partial charge in [0.1, 0.15) is 5.75 Å². The van der Waals surface area contributed by atoms with Gasteiger partial charge in [0.05, 0.1) is 24.7 Å². The molecule has 6 nitrogen and oxygen atoms in total. The molecule has 0 spiro atoms. The van der Waals surface area contributed by atoms with Crippen LogP contribution in [-0.2, 0) is 21.3 Å². The summed E-state index contributed by atoms with van der Waals surface area (Å²) in [6, 6.07) is 11.7. The molecule has 2 aromatic carbocycles. The number of benzene rings is 2. The number of hydrogen-bond acceptors (Lipinski definition) is 5. The Morgan fingerprint density at radius 3 is 2.28 bits per heavy atom. The number of carbonyl (C=O) groups is 1. The van der Waals surface area contributed by atoms with Crippen LogP contribution in [0.15, 0.2) is 47.4 Å². The van der Waals surface area contributed by atoms with Crippen molar-refractivity contribution in [1.82, 2.24) is 4.31 Å². The van der Waals surface area contributed by atoms with E-state index in [2.05, 4.69) is 4.74 Å². The van der Waals surface area contributed by atoms with Gasteiger partial charge in [-0.15, -0.1) is 0 Å². The van der Waals surface area contributed by atoms with Crippen LogP contribution in [0.4, 0.5) is 0 Å². The summed E-state index contributed by atoms with van der Waals surface area (Å²) in [4.78, 5) is 11.8. The molecule has 0 aliphatic rings. The number of sulfonamides is 1. The first-order valence-electron chi connectivity index (χ1n) is 7.58. The lowest BCUT2D eigenvalue weighted by Crippen LogP contribution is -2.27. The molecule has 0 N–H and O–H groups in total. The lowest BCUT2D eigenvalue weighted by Gasteiger charge is -2.19. The number of carbonyl (C=O) groups excluding carboxylic acids is 1. The monoisotopic (exact) mass is 363 g/mol. The van der Waals surface area contributed by atoms with Gasteiger partial charge in [0.15, 0.2) is 0 Å². The van der Waals surface area contributed by atoms with Crippen molar-refractivity contribution in [1.29, 1.82) is 0 Å². The third-order valence-corrected chi connectivity index (χ3v) is 5.81. The van der Waals surface area contributed by atoms with E-state index in [0.717, 1.165) is 5.56 Å². The van der Waals surface area contributed by atoms with Gasteiger partial charge < -0.3 is 9.47 Å². The highest BCUT2D eigenvalue weighted by atomic mass is 32.2. The van der Waals surface area contributed by atoms with E-state index in [1.807, 2.05) is 12.1 Å². The summed E-state index contributed by atoms with van der Waals surface area (Å²) in [5.74, 6) is 0.130. The smallest absolute Gasteiger partial charge is 0.337 e. The van der Waals surface area contributed by atoms with Gasteiger partial charge >= 0.3 is 5.97 Å². The molecule has 0 aliphatic heterocycles. The van der Waals surface area contributed by atoms with Crippen molar-refractivity contribution in [3.63, 3.8) is 0 Å². The fraction of sp³-hybridized carbons (Fsp3) is 0.278. The molecule has 0 unspecified atom stereocenters. The van der Waals surface area contributed by atoms with Crippen LogP contribution in [-0.4, -0.2) is 40.0 Å². The van der Waals surface area contributed by atoms with Gasteiger partial charge in [0.2, 0.25) is 10.0 Å². The summed E-state index contributed by atoms with van der Waals surface area (Å²) in [5.41, 5.74) is 1.59. The van der Waals surface area contributed by atoms with E-state index in [-0.39, 0.29) is 17.0 Å². The van der Waals surface area contributed by atoms with E-state index in [4.69, 9.17) is 4.74 Å². The Labute approximate surface area is 148 Å². The van der Waals surface area contributed by atoms with Gasteiger partial charge in [0.25, 0.3) is 0 Å². The van der Waals surface area contributed by atoms with Gasteiger partial charge in [-0.1, -0.05) is 18.2 Å². The summed E-state index contributed by atoms with van der Waals surface area (Å²) in [6.45, 7) is 1.89. The fourth-order valence-electron chi connectivity index (χ4n) is 2.36. The predicted octanol–water partition coefficient (Wildman–Crippen LogP) is 2.61. The van der Waals surface area contributed by atoms with Crippen molar-refractivity contribution >= 4 is 16.0 Å². The predicted molar refractivity (Wildman–Crippen MR) is 94.2 cm³/mol. The molecule has 0 saturated carbocycles. The molecule has 0 aliphatic carbocycles. The van der Waals surface area contributed by atoms with E-state index >= 15 is 0 Å². The summed E-state index contributed by atoms with van der Waals surface area (Å²) < 4.78 is 36.8. The maximum atomic E-state index is 12.9. The third kappa shape index (κ3) is 4.18. The molecular weight excluding hydrogens is 342 g/mol. The van der Waals surface area contributed by atoms with Crippen LogP contribution in [0.1, 0.15) is 21.5 Å². The van der Waals surface area contributed by atoms with Crippen LogP contribution in [0.25, 0.3) is 0 Å². The zero-order chi connectivity index (χ0) is 18.6. The molecule has 0 heterocycles. The van der Waals surface area contributed by atoms with Crippen LogP contribution < -0.4 is 4.74 Å². The fourth-order valence-corrected chi connectivity index (χ4v) is 3.77. The van der Waals surface area contributed by atoms with Gasteiger partial charge in [-0.25, -0.2) is 13.2 Å². The highest BCUT2D eigenvalue weighted by molar-refractivity contribution is 7.89. The van der Waals surface area contributed by atoms with Crippen molar-refractivity contribution < 1.29 is 22.7 Å². The minimum atomic E-state index is -3.75. The van der Waals surface area contributed by atoms with Crippen LogP contribution in [0, 0.1) is 6.92 Å². The van der Waals surface area contributed by atoms with E-state index in [1.165, 1.54) is 24.5 Å². The lowest BCUT2D eigenvalue weighted by atomic mass is 10.1. The quantitative estimate of drug-likeness (QED) is 0.738. The average molecular weight is 363 g/mol. The zero-order valence-corrected chi connectivity index (χ0v) is 15.5. The molecular formula is C18H21NO5S. The summed E-state index contributed by atoms with van der Waals surface area (Å²) in [7, 11) is 0.579. The van der Waals surface area contributed by atoms with Crippen LogP contribution in [0.2, 0.25) is 0 Å². The Kier molecular flexibility index (Phi) is 5.81. The maximum absolute atomic E-state index is 12.9. The topological polar surface area (TPSA) is 72.9 Å². The van der Waals surface area contributed by atoms with Gasteiger partial charge in [0, 0.05) is 13.6 Å². The number of esters is 1. The van der Waals surface area contributed by atoms with Crippen LogP contribution in [0.3, 0.4) is 0 Å². The SMILES string of the molecule is COC(=O)c1ccc(C)c(S(=O)(=O)N(C)Cc2ccc(OC)cc2)c1. The first-order chi connectivity index (χ1) is 11.8. The highest BCUT2D eigenvalue weighted by Crippen LogP contribution is 2.23. The Hall–Kier alpha value is -2.38. The lowest BCUT2D eigenvalue weighted by molar-refractivity contribution is 0.0600. The van der Waals surface area contributed by atoms with Crippen molar-refractivity contribution in [3.8, 4) is 5.75 Å². The number of aryl methyl sites for hydroxylation is 1. The Balaban J connectivity index is 2.31. The first-order valence-corrected chi connectivity index (χ1v) is 9.02. The molecule has 0 bridgehead atoms. The summed E-state index contributed by atoms with van der Waals surface area (Å²) in [5, 5.41) is 0. The Bertz CT molecular complexity index is 860. The summed E-state index contributed by atoms with van der Waals surface area (Å²) >= 11 is 0. The van der Waals surface area contributed by atoms with E-state index in [1.54, 1.807) is 38.3 Å². The first kappa shape index (κ1) is 19.0. The molecule has 134 valence electrons. The molecule has 2 aromatic rings. The third-order valence-electron chi connectivity index (χ3n) is 3.86. The Morgan fingerprint density at radius 1 is 1.08 bits per heavy atom. The minimum absolute atomic E-state index is 0.0893. The van der Waals surface area contributed by atoms with Gasteiger partial charge in [-0.05, 0) is 42.3 Å². The molecule has 2 rings (SSSR count). The molecule has 0 radical (unpaired) electrons. The van der Waals surface area contributed by atoms with Crippen molar-refractivity contribution in [2.24, 2.45) is 0 Å². The second-order valence-electron chi connectivity index (χ2n) is 5.58. The minimum Gasteiger partial charge on any atom is -0.497 e. The second kappa shape index (κ2) is 7.67. The van der Waals surface area contributed by atoms with Crippen LogP contribution in [0.5, 0.6) is 5.75 Å². The normalized spacial score (nSPS) is 11.4. The molecule has 0 atom stereocenters. The number of nitrogens with zero attached hydrogens (tertiary/aromatic N) is 1. The number of hydrogen-bond donors (Lipinski definition) is 0. The highest BCUT2D eigenvalue weighted by Gasteiger charge is 2.24.